The molecule has 0 radical (unpaired) electrons. The minimum Gasteiger partial charge on any atom is -0.298 e. The summed E-state index contributed by atoms with van der Waals surface area (Å²) >= 11 is 0. The number of halogens is 1. The molecular weight excluding hydrogens is 357 g/mol. The zero-order chi connectivity index (χ0) is 19.5. The standard InChI is InChI=1S/C21H18FN5O/c1-2-27-20-18(13-23-27)17(12-19(24-20)14-7-4-3-5-8-14)21(28)26-25-16-10-6-9-15(22)11-16/h3-13,25H,2H2,1H3,(H,26,28). The van der Waals surface area contributed by atoms with Gasteiger partial charge in [-0.3, -0.25) is 15.6 Å². The first-order valence-electron chi connectivity index (χ1n) is 8.89. The number of aromatic nitrogens is 3. The Kier molecular flexibility index (Phi) is 4.72. The van der Waals surface area contributed by atoms with Crippen molar-refractivity contribution in [1.29, 1.82) is 0 Å². The van der Waals surface area contributed by atoms with Crippen LogP contribution in [0.25, 0.3) is 22.3 Å². The number of hydrogen-bond donors (Lipinski definition) is 2. The number of aryl methyl sites for hydroxylation is 1. The molecule has 0 spiro atoms. The number of hydrogen-bond acceptors (Lipinski definition) is 4. The number of benzene rings is 2. The Labute approximate surface area is 161 Å². The van der Waals surface area contributed by atoms with Gasteiger partial charge in [0.2, 0.25) is 0 Å². The van der Waals surface area contributed by atoms with Crippen molar-refractivity contribution in [3.63, 3.8) is 0 Å². The molecule has 0 saturated carbocycles. The lowest BCUT2D eigenvalue weighted by Gasteiger charge is -2.11. The Morgan fingerprint density at radius 1 is 1.11 bits per heavy atom. The number of hydrazine groups is 1. The summed E-state index contributed by atoms with van der Waals surface area (Å²) in [7, 11) is 0. The highest BCUT2D eigenvalue weighted by Crippen LogP contribution is 2.25. The van der Waals surface area contributed by atoms with Crippen LogP contribution in [0.5, 0.6) is 0 Å². The van der Waals surface area contributed by atoms with Gasteiger partial charge < -0.3 is 0 Å². The highest BCUT2D eigenvalue weighted by molar-refractivity contribution is 6.06. The first-order valence-corrected chi connectivity index (χ1v) is 8.89. The van der Waals surface area contributed by atoms with Crippen molar-refractivity contribution in [3.05, 3.63) is 78.2 Å². The van der Waals surface area contributed by atoms with E-state index in [1.807, 2.05) is 37.3 Å². The number of pyridine rings is 1. The van der Waals surface area contributed by atoms with Gasteiger partial charge in [-0.1, -0.05) is 36.4 Å². The van der Waals surface area contributed by atoms with Crippen LogP contribution >= 0.6 is 0 Å². The Hall–Kier alpha value is -3.74. The van der Waals surface area contributed by atoms with Crippen LogP contribution in [-0.2, 0) is 6.54 Å². The lowest BCUT2D eigenvalue weighted by atomic mass is 10.1. The van der Waals surface area contributed by atoms with E-state index in [9.17, 15) is 9.18 Å². The summed E-state index contributed by atoms with van der Waals surface area (Å²) in [5, 5.41) is 4.98. The first-order chi connectivity index (χ1) is 13.7. The minimum atomic E-state index is -0.388. The monoisotopic (exact) mass is 375 g/mol. The molecule has 2 N–H and O–H groups in total. The first kappa shape index (κ1) is 17.7. The third-order valence-electron chi connectivity index (χ3n) is 4.37. The third-order valence-corrected chi connectivity index (χ3v) is 4.37. The third kappa shape index (κ3) is 3.42. The fraction of sp³-hybridized carbons (Fsp3) is 0.0952. The summed E-state index contributed by atoms with van der Waals surface area (Å²) in [4.78, 5) is 17.6. The van der Waals surface area contributed by atoms with E-state index in [0.717, 1.165) is 5.56 Å². The van der Waals surface area contributed by atoms with Gasteiger partial charge in [0.15, 0.2) is 5.65 Å². The molecule has 28 heavy (non-hydrogen) atoms. The Morgan fingerprint density at radius 2 is 1.93 bits per heavy atom. The maximum atomic E-state index is 13.3. The normalized spacial score (nSPS) is 10.8. The molecule has 0 aliphatic heterocycles. The van der Waals surface area contributed by atoms with Gasteiger partial charge in [0.1, 0.15) is 5.82 Å². The topological polar surface area (TPSA) is 71.8 Å². The Balaban J connectivity index is 1.72. The number of rotatable bonds is 5. The number of nitrogens with zero attached hydrogens (tertiary/aromatic N) is 3. The van der Waals surface area contributed by atoms with Gasteiger partial charge in [0.25, 0.3) is 5.91 Å². The van der Waals surface area contributed by atoms with E-state index in [1.54, 1.807) is 29.1 Å². The van der Waals surface area contributed by atoms with Gasteiger partial charge in [0, 0.05) is 12.1 Å². The lowest BCUT2D eigenvalue weighted by molar-refractivity contribution is 0.0964. The number of carbonyl (C=O) groups excluding carboxylic acids is 1. The molecule has 0 bridgehead atoms. The molecule has 0 atom stereocenters. The predicted molar refractivity (Wildman–Crippen MR) is 106 cm³/mol. The fourth-order valence-corrected chi connectivity index (χ4v) is 2.99. The molecule has 2 aromatic carbocycles. The molecule has 0 fully saturated rings. The summed E-state index contributed by atoms with van der Waals surface area (Å²) in [5.41, 5.74) is 8.47. The Morgan fingerprint density at radius 3 is 2.68 bits per heavy atom. The molecule has 140 valence electrons. The largest absolute Gasteiger partial charge is 0.298 e. The molecule has 0 aliphatic rings. The summed E-state index contributed by atoms with van der Waals surface area (Å²) in [6.07, 6.45) is 1.64. The summed E-state index contributed by atoms with van der Waals surface area (Å²) in [5.74, 6) is -0.745. The number of fused-ring (bicyclic) bond motifs is 1. The van der Waals surface area contributed by atoms with Gasteiger partial charge in [-0.05, 0) is 31.2 Å². The quantitative estimate of drug-likeness (QED) is 0.517. The average Bonchev–Trinajstić information content (AvgIpc) is 3.15. The zero-order valence-electron chi connectivity index (χ0n) is 15.2. The van der Waals surface area contributed by atoms with E-state index in [0.29, 0.717) is 34.5 Å². The van der Waals surface area contributed by atoms with Gasteiger partial charge in [0.05, 0.1) is 28.5 Å². The van der Waals surface area contributed by atoms with E-state index in [2.05, 4.69) is 16.0 Å². The van der Waals surface area contributed by atoms with Crippen LogP contribution in [-0.4, -0.2) is 20.7 Å². The molecular formula is C21H18FN5O. The summed E-state index contributed by atoms with van der Waals surface area (Å²) < 4.78 is 15.1. The molecule has 4 rings (SSSR count). The van der Waals surface area contributed by atoms with Crippen LogP contribution in [0, 0.1) is 5.82 Å². The molecule has 1 amide bonds. The molecule has 2 heterocycles. The van der Waals surface area contributed by atoms with Crippen molar-refractivity contribution in [2.24, 2.45) is 0 Å². The van der Waals surface area contributed by atoms with Crippen LogP contribution in [0.2, 0.25) is 0 Å². The maximum absolute atomic E-state index is 13.3. The van der Waals surface area contributed by atoms with Crippen LogP contribution in [0.4, 0.5) is 10.1 Å². The predicted octanol–water partition coefficient (Wildman–Crippen LogP) is 4.01. The fourth-order valence-electron chi connectivity index (χ4n) is 2.99. The van der Waals surface area contributed by atoms with Gasteiger partial charge in [-0.25, -0.2) is 14.1 Å². The molecule has 0 saturated heterocycles. The van der Waals surface area contributed by atoms with E-state index in [1.165, 1.54) is 12.1 Å². The van der Waals surface area contributed by atoms with E-state index in [4.69, 9.17) is 4.98 Å². The number of amides is 1. The zero-order valence-corrected chi connectivity index (χ0v) is 15.2. The van der Waals surface area contributed by atoms with Gasteiger partial charge >= 0.3 is 0 Å². The second-order valence-electron chi connectivity index (χ2n) is 6.21. The molecule has 6 nitrogen and oxygen atoms in total. The number of carbonyl (C=O) groups is 1. The van der Waals surface area contributed by atoms with E-state index in [-0.39, 0.29) is 11.7 Å². The number of nitrogens with one attached hydrogen (secondary N) is 2. The van der Waals surface area contributed by atoms with E-state index >= 15 is 0 Å². The SMILES string of the molecule is CCn1ncc2c(C(=O)NNc3cccc(F)c3)cc(-c3ccccc3)nc21. The Bertz CT molecular complexity index is 1140. The average molecular weight is 375 g/mol. The second kappa shape index (κ2) is 7.48. The lowest BCUT2D eigenvalue weighted by Crippen LogP contribution is -2.29. The van der Waals surface area contributed by atoms with Crippen molar-refractivity contribution in [2.75, 3.05) is 5.43 Å². The summed E-state index contributed by atoms with van der Waals surface area (Å²) in [6.45, 7) is 2.60. The van der Waals surface area contributed by atoms with Gasteiger partial charge in [-0.15, -0.1) is 0 Å². The molecule has 4 aromatic rings. The van der Waals surface area contributed by atoms with E-state index < -0.39 is 0 Å². The highest BCUT2D eigenvalue weighted by atomic mass is 19.1. The van der Waals surface area contributed by atoms with Crippen molar-refractivity contribution in [3.8, 4) is 11.3 Å². The molecule has 7 heteroatoms. The minimum absolute atomic E-state index is 0.357. The smallest absolute Gasteiger partial charge is 0.270 e. The maximum Gasteiger partial charge on any atom is 0.270 e. The van der Waals surface area contributed by atoms with Gasteiger partial charge in [-0.2, -0.15) is 5.10 Å². The molecule has 2 aromatic heterocycles. The van der Waals surface area contributed by atoms with Crippen molar-refractivity contribution in [1.82, 2.24) is 20.2 Å². The second-order valence-corrected chi connectivity index (χ2v) is 6.21. The van der Waals surface area contributed by atoms with Crippen molar-refractivity contribution < 1.29 is 9.18 Å². The van der Waals surface area contributed by atoms with Crippen molar-refractivity contribution in [2.45, 2.75) is 13.5 Å². The van der Waals surface area contributed by atoms with Crippen LogP contribution in [0.1, 0.15) is 17.3 Å². The molecule has 0 aliphatic carbocycles. The highest BCUT2D eigenvalue weighted by Gasteiger charge is 2.17. The molecule has 0 unspecified atom stereocenters. The van der Waals surface area contributed by atoms with Crippen LogP contribution in [0.3, 0.4) is 0 Å². The summed E-state index contributed by atoms with van der Waals surface area (Å²) in [6, 6.07) is 17.2. The van der Waals surface area contributed by atoms with Crippen LogP contribution in [0.15, 0.2) is 66.9 Å². The van der Waals surface area contributed by atoms with Crippen molar-refractivity contribution >= 4 is 22.6 Å². The van der Waals surface area contributed by atoms with Crippen LogP contribution < -0.4 is 10.9 Å². The number of anilines is 1.